The molecule has 0 unspecified atom stereocenters. The van der Waals surface area contributed by atoms with E-state index in [0.29, 0.717) is 12.8 Å². The molecule has 0 aliphatic carbocycles. The summed E-state index contributed by atoms with van der Waals surface area (Å²) in [5.41, 5.74) is 2.01. The minimum Gasteiger partial charge on any atom is -0.469 e. The van der Waals surface area contributed by atoms with Crippen molar-refractivity contribution in [1.82, 2.24) is 0 Å². The third-order valence-electron chi connectivity index (χ3n) is 2.22. The number of allylic oxidation sites excluding steroid dienone is 1. The average Bonchev–Trinajstić information content (AvgIpc) is 2.34. The summed E-state index contributed by atoms with van der Waals surface area (Å²) in [6.45, 7) is 0. The minimum atomic E-state index is -0.223. The number of carbonyl (C=O) groups is 1. The molecule has 0 aliphatic heterocycles. The molecule has 0 amide bonds. The maximum atomic E-state index is 11.0. The predicted molar refractivity (Wildman–Crippen MR) is 61.4 cm³/mol. The Balaban J connectivity index is 2.75. The highest BCUT2D eigenvalue weighted by Gasteiger charge is 2.03. The Hall–Kier alpha value is -2.08. The maximum Gasteiger partial charge on any atom is 0.305 e. The van der Waals surface area contributed by atoms with E-state index in [2.05, 4.69) is 4.74 Å². The largest absolute Gasteiger partial charge is 0.469 e. The zero-order chi connectivity index (χ0) is 11.8. The molecule has 3 nitrogen and oxygen atoms in total. The van der Waals surface area contributed by atoms with Crippen molar-refractivity contribution in [2.45, 2.75) is 12.8 Å². The Labute approximate surface area is 95.0 Å². The van der Waals surface area contributed by atoms with E-state index < -0.39 is 0 Å². The van der Waals surface area contributed by atoms with Gasteiger partial charge in [0, 0.05) is 12.5 Å². The van der Waals surface area contributed by atoms with Crippen LogP contribution in [0.15, 0.2) is 30.3 Å². The first-order valence-electron chi connectivity index (χ1n) is 4.99. The number of methoxy groups -OCH3 is 1. The Morgan fingerprint density at radius 1 is 1.50 bits per heavy atom. The Bertz CT molecular complexity index is 430. The molecule has 0 bridgehead atoms. The molecule has 0 spiro atoms. The number of esters is 1. The summed E-state index contributed by atoms with van der Waals surface area (Å²) in [6.07, 6.45) is 4.15. The second-order valence-electron chi connectivity index (χ2n) is 3.24. The molecular weight excluding hydrogens is 202 g/mol. The van der Waals surface area contributed by atoms with Gasteiger partial charge in [-0.15, -0.1) is 0 Å². The van der Waals surface area contributed by atoms with Crippen molar-refractivity contribution in [2.75, 3.05) is 7.11 Å². The van der Waals surface area contributed by atoms with Gasteiger partial charge in [0.1, 0.15) is 0 Å². The van der Waals surface area contributed by atoms with Gasteiger partial charge in [-0.2, -0.15) is 5.26 Å². The summed E-state index contributed by atoms with van der Waals surface area (Å²) < 4.78 is 4.58. The van der Waals surface area contributed by atoms with Crippen molar-refractivity contribution >= 4 is 12.0 Å². The quantitative estimate of drug-likeness (QED) is 0.572. The fourth-order valence-corrected chi connectivity index (χ4v) is 1.39. The number of carbonyl (C=O) groups excluding carboxylic acids is 1. The number of ether oxygens (including phenoxy) is 1. The first-order valence-corrected chi connectivity index (χ1v) is 4.99. The number of aryl methyl sites for hydroxylation is 1. The van der Waals surface area contributed by atoms with Gasteiger partial charge in [-0.1, -0.05) is 24.3 Å². The van der Waals surface area contributed by atoms with Gasteiger partial charge in [0.15, 0.2) is 0 Å². The molecule has 1 aromatic carbocycles. The van der Waals surface area contributed by atoms with E-state index in [1.54, 1.807) is 6.08 Å². The summed E-state index contributed by atoms with van der Waals surface area (Å²) in [4.78, 5) is 11.0. The summed E-state index contributed by atoms with van der Waals surface area (Å²) in [6, 6.07) is 9.62. The van der Waals surface area contributed by atoms with E-state index in [9.17, 15) is 4.79 Å². The van der Waals surface area contributed by atoms with Crippen molar-refractivity contribution in [2.24, 2.45) is 0 Å². The van der Waals surface area contributed by atoms with Gasteiger partial charge in [-0.25, -0.2) is 0 Å². The van der Waals surface area contributed by atoms with Crippen LogP contribution in [0.3, 0.4) is 0 Å². The summed E-state index contributed by atoms with van der Waals surface area (Å²) in [7, 11) is 1.38. The van der Waals surface area contributed by atoms with Gasteiger partial charge >= 0.3 is 5.97 Å². The van der Waals surface area contributed by atoms with E-state index in [4.69, 9.17) is 5.26 Å². The molecule has 0 radical (unpaired) electrons. The number of benzene rings is 1. The maximum absolute atomic E-state index is 11.0. The van der Waals surface area contributed by atoms with Crippen LogP contribution in [0.2, 0.25) is 0 Å². The summed E-state index contributed by atoms with van der Waals surface area (Å²) in [5.74, 6) is -0.223. The summed E-state index contributed by atoms with van der Waals surface area (Å²) >= 11 is 0. The number of nitrogens with zero attached hydrogens (tertiary/aromatic N) is 1. The van der Waals surface area contributed by atoms with Crippen molar-refractivity contribution in [3.63, 3.8) is 0 Å². The van der Waals surface area contributed by atoms with Gasteiger partial charge in [-0.05, 0) is 23.6 Å². The fourth-order valence-electron chi connectivity index (χ4n) is 1.39. The van der Waals surface area contributed by atoms with Gasteiger partial charge in [0.2, 0.25) is 0 Å². The number of nitriles is 1. The minimum absolute atomic E-state index is 0.223. The molecule has 3 heteroatoms. The van der Waals surface area contributed by atoms with Crippen LogP contribution >= 0.6 is 0 Å². The normalized spacial score (nSPS) is 10.0. The molecule has 0 heterocycles. The first kappa shape index (κ1) is 12.0. The van der Waals surface area contributed by atoms with E-state index in [-0.39, 0.29) is 5.97 Å². The number of hydrogen-bond acceptors (Lipinski definition) is 3. The van der Waals surface area contributed by atoms with Crippen LogP contribution in [0.25, 0.3) is 6.08 Å². The molecule has 0 saturated heterocycles. The second kappa shape index (κ2) is 6.41. The van der Waals surface area contributed by atoms with Crippen LogP contribution in [-0.4, -0.2) is 13.1 Å². The molecule has 0 N–H and O–H groups in total. The molecule has 0 fully saturated rings. The molecule has 0 atom stereocenters. The lowest BCUT2D eigenvalue weighted by Gasteiger charge is -2.04. The van der Waals surface area contributed by atoms with Gasteiger partial charge in [0.05, 0.1) is 13.2 Å². The third-order valence-corrected chi connectivity index (χ3v) is 2.22. The Morgan fingerprint density at radius 2 is 2.25 bits per heavy atom. The van der Waals surface area contributed by atoms with Crippen LogP contribution < -0.4 is 0 Å². The Kier molecular flexibility index (Phi) is 4.81. The van der Waals surface area contributed by atoms with Crippen LogP contribution in [0.5, 0.6) is 0 Å². The van der Waals surface area contributed by atoms with Crippen molar-refractivity contribution in [3.8, 4) is 6.07 Å². The first-order chi connectivity index (χ1) is 7.77. The molecule has 82 valence electrons. The smallest absolute Gasteiger partial charge is 0.305 e. The predicted octanol–water partition coefficient (Wildman–Crippen LogP) is 2.33. The number of rotatable bonds is 4. The van der Waals surface area contributed by atoms with Crippen LogP contribution in [0, 0.1) is 11.3 Å². The highest BCUT2D eigenvalue weighted by molar-refractivity contribution is 5.70. The summed E-state index contributed by atoms with van der Waals surface area (Å²) in [5, 5.41) is 8.46. The molecule has 1 aromatic rings. The lowest BCUT2D eigenvalue weighted by molar-refractivity contribution is -0.140. The zero-order valence-electron chi connectivity index (χ0n) is 9.14. The average molecular weight is 215 g/mol. The second-order valence-corrected chi connectivity index (χ2v) is 3.24. The topological polar surface area (TPSA) is 50.1 Å². The highest BCUT2D eigenvalue weighted by Crippen LogP contribution is 2.13. The van der Waals surface area contributed by atoms with Crippen molar-refractivity contribution in [3.05, 3.63) is 41.5 Å². The van der Waals surface area contributed by atoms with Crippen molar-refractivity contribution < 1.29 is 9.53 Å². The molecule has 0 saturated carbocycles. The van der Waals surface area contributed by atoms with Gasteiger partial charge in [-0.3, -0.25) is 4.79 Å². The monoisotopic (exact) mass is 215 g/mol. The SMILES string of the molecule is COC(=O)CCc1ccccc1C=CC#N. The van der Waals surface area contributed by atoms with E-state index in [1.807, 2.05) is 30.3 Å². The van der Waals surface area contributed by atoms with E-state index in [1.165, 1.54) is 13.2 Å². The van der Waals surface area contributed by atoms with E-state index in [0.717, 1.165) is 11.1 Å². The van der Waals surface area contributed by atoms with Gasteiger partial charge < -0.3 is 4.74 Å². The fraction of sp³-hybridized carbons (Fsp3) is 0.231. The van der Waals surface area contributed by atoms with Gasteiger partial charge in [0.25, 0.3) is 0 Å². The zero-order valence-corrected chi connectivity index (χ0v) is 9.14. The Morgan fingerprint density at radius 3 is 2.94 bits per heavy atom. The van der Waals surface area contributed by atoms with Crippen molar-refractivity contribution in [1.29, 1.82) is 5.26 Å². The standard InChI is InChI=1S/C13H13NO2/c1-16-13(15)9-8-12-6-3-2-5-11(12)7-4-10-14/h2-7H,8-9H2,1H3. The van der Waals surface area contributed by atoms with Crippen LogP contribution in [0.1, 0.15) is 17.5 Å². The lowest BCUT2D eigenvalue weighted by Crippen LogP contribution is -2.02. The van der Waals surface area contributed by atoms with Crippen LogP contribution in [-0.2, 0) is 16.0 Å². The third kappa shape index (κ3) is 3.58. The molecule has 16 heavy (non-hydrogen) atoms. The molecule has 0 aromatic heterocycles. The highest BCUT2D eigenvalue weighted by atomic mass is 16.5. The lowest BCUT2D eigenvalue weighted by atomic mass is 10.0. The van der Waals surface area contributed by atoms with E-state index >= 15 is 0 Å². The molecular formula is C13H13NO2. The number of hydrogen-bond donors (Lipinski definition) is 0. The molecule has 0 aliphatic rings. The van der Waals surface area contributed by atoms with Crippen LogP contribution in [0.4, 0.5) is 0 Å². The molecule has 1 rings (SSSR count).